The molecule has 5 nitrogen and oxygen atoms in total. The number of hydrogen-bond donors (Lipinski definition) is 0. The van der Waals surface area contributed by atoms with Crippen LogP contribution in [0.3, 0.4) is 0 Å². The smallest absolute Gasteiger partial charge is 0.360 e. The lowest BCUT2D eigenvalue weighted by Crippen LogP contribution is -2.08. The minimum Gasteiger partial charge on any atom is -0.461 e. The van der Waals surface area contributed by atoms with Crippen molar-refractivity contribution in [2.24, 2.45) is 0 Å². The highest BCUT2D eigenvalue weighted by molar-refractivity contribution is 5.88. The van der Waals surface area contributed by atoms with Crippen molar-refractivity contribution in [1.29, 1.82) is 0 Å². The number of carbonyl (C=O) groups is 1. The van der Waals surface area contributed by atoms with Gasteiger partial charge in [0.05, 0.1) is 6.61 Å². The lowest BCUT2D eigenvalue weighted by molar-refractivity contribution is 0.0513. The minimum atomic E-state index is -0.466. The lowest BCUT2D eigenvalue weighted by atomic mass is 10.0. The van der Waals surface area contributed by atoms with Crippen LogP contribution < -0.4 is 4.74 Å². The van der Waals surface area contributed by atoms with E-state index in [4.69, 9.17) is 14.0 Å². The second-order valence-corrected chi connectivity index (χ2v) is 5.60. The summed E-state index contributed by atoms with van der Waals surface area (Å²) in [4.78, 5) is 11.9. The molecule has 0 fully saturated rings. The van der Waals surface area contributed by atoms with E-state index in [1.807, 2.05) is 55.5 Å². The number of aromatic nitrogens is 1. The normalized spacial score (nSPS) is 10.5. The molecule has 1 aromatic heterocycles. The molecule has 0 aliphatic carbocycles. The van der Waals surface area contributed by atoms with Gasteiger partial charge in [-0.15, -0.1) is 0 Å². The van der Waals surface area contributed by atoms with Crippen molar-refractivity contribution < 1.29 is 18.8 Å². The van der Waals surface area contributed by atoms with Crippen LogP contribution in [0.1, 0.15) is 34.1 Å². The fourth-order valence-corrected chi connectivity index (χ4v) is 2.52. The molecule has 3 aromatic rings. The van der Waals surface area contributed by atoms with Crippen LogP contribution in [-0.2, 0) is 11.2 Å². The summed E-state index contributed by atoms with van der Waals surface area (Å²) in [7, 11) is 0. The zero-order valence-electron chi connectivity index (χ0n) is 14.2. The van der Waals surface area contributed by atoms with Crippen molar-refractivity contribution in [3.05, 3.63) is 77.2 Å². The van der Waals surface area contributed by atoms with E-state index in [1.165, 1.54) is 6.26 Å². The zero-order valence-corrected chi connectivity index (χ0v) is 14.2. The second kappa shape index (κ2) is 7.66. The van der Waals surface area contributed by atoms with Crippen molar-refractivity contribution in [2.45, 2.75) is 20.3 Å². The highest BCUT2D eigenvalue weighted by Crippen LogP contribution is 2.26. The molecule has 0 saturated carbocycles. The molecule has 0 aliphatic rings. The van der Waals surface area contributed by atoms with Gasteiger partial charge in [-0.3, -0.25) is 0 Å². The third-order valence-corrected chi connectivity index (χ3v) is 3.72. The fourth-order valence-electron chi connectivity index (χ4n) is 2.52. The Hall–Kier alpha value is -3.08. The molecular weight excluding hydrogens is 318 g/mol. The highest BCUT2D eigenvalue weighted by atomic mass is 16.5. The third kappa shape index (κ3) is 4.07. The first kappa shape index (κ1) is 16.8. The number of carbonyl (C=O) groups excluding carboxylic acids is 1. The Morgan fingerprint density at radius 2 is 1.96 bits per heavy atom. The first-order valence-electron chi connectivity index (χ1n) is 8.10. The summed E-state index contributed by atoms with van der Waals surface area (Å²) in [5.74, 6) is 1.12. The van der Waals surface area contributed by atoms with Crippen LogP contribution in [0.2, 0.25) is 0 Å². The topological polar surface area (TPSA) is 61.6 Å². The average molecular weight is 337 g/mol. The van der Waals surface area contributed by atoms with Gasteiger partial charge in [-0.25, -0.2) is 4.79 Å². The number of benzene rings is 2. The van der Waals surface area contributed by atoms with Gasteiger partial charge in [0, 0.05) is 12.0 Å². The number of hydrogen-bond acceptors (Lipinski definition) is 5. The number of aryl methyl sites for hydroxylation is 1. The third-order valence-electron chi connectivity index (χ3n) is 3.72. The Labute approximate surface area is 146 Å². The molecule has 2 aromatic carbocycles. The Morgan fingerprint density at radius 3 is 2.68 bits per heavy atom. The number of ether oxygens (including phenoxy) is 2. The number of esters is 1. The van der Waals surface area contributed by atoms with Crippen LogP contribution >= 0.6 is 0 Å². The molecule has 0 saturated heterocycles. The van der Waals surface area contributed by atoms with E-state index in [9.17, 15) is 4.79 Å². The molecular formula is C20H19NO4. The molecule has 0 unspecified atom stereocenters. The Balaban J connectivity index is 1.76. The quantitative estimate of drug-likeness (QED) is 0.618. The molecule has 0 amide bonds. The Morgan fingerprint density at radius 1 is 1.16 bits per heavy atom. The number of nitrogens with zero attached hydrogens (tertiary/aromatic N) is 1. The maximum Gasteiger partial charge on any atom is 0.360 e. The molecule has 0 aliphatic heterocycles. The standard InChI is InChI=1S/C20H19NO4/c1-3-23-20(22)19-16(13-24-21-19)12-15-9-10-18(14(2)11-15)25-17-7-5-4-6-8-17/h4-11,13H,3,12H2,1-2H3. The average Bonchev–Trinajstić information content (AvgIpc) is 3.07. The van der Waals surface area contributed by atoms with Gasteiger partial charge in [0.15, 0.2) is 5.69 Å². The molecule has 5 heteroatoms. The predicted octanol–water partition coefficient (Wildman–Crippen LogP) is 4.54. The molecule has 0 radical (unpaired) electrons. The summed E-state index contributed by atoms with van der Waals surface area (Å²) in [6.07, 6.45) is 2.01. The monoisotopic (exact) mass is 337 g/mol. The molecule has 25 heavy (non-hydrogen) atoms. The number of rotatable bonds is 6. The van der Waals surface area contributed by atoms with Gasteiger partial charge in [0.2, 0.25) is 0 Å². The second-order valence-electron chi connectivity index (χ2n) is 5.60. The van der Waals surface area contributed by atoms with Crippen LogP contribution in [-0.4, -0.2) is 17.7 Å². The highest BCUT2D eigenvalue weighted by Gasteiger charge is 2.18. The fraction of sp³-hybridized carbons (Fsp3) is 0.200. The van der Waals surface area contributed by atoms with E-state index in [-0.39, 0.29) is 5.69 Å². The summed E-state index contributed by atoms with van der Waals surface area (Å²) in [5.41, 5.74) is 2.97. The van der Waals surface area contributed by atoms with E-state index >= 15 is 0 Å². The predicted molar refractivity (Wildman–Crippen MR) is 93.0 cm³/mol. The van der Waals surface area contributed by atoms with E-state index in [2.05, 4.69) is 5.16 Å². The zero-order chi connectivity index (χ0) is 17.6. The molecule has 1 heterocycles. The van der Waals surface area contributed by atoms with Crippen LogP contribution in [0.25, 0.3) is 0 Å². The van der Waals surface area contributed by atoms with Gasteiger partial charge in [0.25, 0.3) is 0 Å². The molecule has 0 spiro atoms. The van der Waals surface area contributed by atoms with Gasteiger partial charge in [-0.2, -0.15) is 0 Å². The first-order chi connectivity index (χ1) is 12.2. The first-order valence-corrected chi connectivity index (χ1v) is 8.10. The summed E-state index contributed by atoms with van der Waals surface area (Å²) in [6.45, 7) is 4.05. The van der Waals surface area contributed by atoms with Gasteiger partial charge < -0.3 is 14.0 Å². The van der Waals surface area contributed by atoms with Crippen molar-refractivity contribution in [3.8, 4) is 11.5 Å². The molecule has 128 valence electrons. The van der Waals surface area contributed by atoms with E-state index < -0.39 is 5.97 Å². The van der Waals surface area contributed by atoms with Gasteiger partial charge >= 0.3 is 5.97 Å². The van der Waals surface area contributed by atoms with Crippen LogP contribution in [0.5, 0.6) is 11.5 Å². The SMILES string of the molecule is CCOC(=O)c1nocc1Cc1ccc(Oc2ccccc2)c(C)c1. The van der Waals surface area contributed by atoms with Gasteiger partial charge in [-0.1, -0.05) is 35.5 Å². The van der Waals surface area contributed by atoms with Crippen molar-refractivity contribution in [1.82, 2.24) is 5.16 Å². The molecule has 0 atom stereocenters. The van der Waals surface area contributed by atoms with Crippen LogP contribution in [0.4, 0.5) is 0 Å². The Bertz CT molecular complexity index is 855. The molecule has 0 bridgehead atoms. The van der Waals surface area contributed by atoms with E-state index in [0.29, 0.717) is 18.6 Å². The maximum atomic E-state index is 11.9. The largest absolute Gasteiger partial charge is 0.461 e. The van der Waals surface area contributed by atoms with Crippen LogP contribution in [0, 0.1) is 6.92 Å². The number of para-hydroxylation sites is 1. The van der Waals surface area contributed by atoms with Crippen molar-refractivity contribution >= 4 is 5.97 Å². The summed E-state index contributed by atoms with van der Waals surface area (Å²) in [6, 6.07) is 15.6. The maximum absolute atomic E-state index is 11.9. The van der Waals surface area contributed by atoms with E-state index in [0.717, 1.165) is 22.6 Å². The van der Waals surface area contributed by atoms with Crippen LogP contribution in [0.15, 0.2) is 59.3 Å². The lowest BCUT2D eigenvalue weighted by Gasteiger charge is -2.10. The van der Waals surface area contributed by atoms with Crippen molar-refractivity contribution in [2.75, 3.05) is 6.61 Å². The minimum absolute atomic E-state index is 0.226. The summed E-state index contributed by atoms with van der Waals surface area (Å²) >= 11 is 0. The summed E-state index contributed by atoms with van der Waals surface area (Å²) in [5, 5.41) is 3.75. The Kier molecular flexibility index (Phi) is 5.14. The molecule has 3 rings (SSSR count). The molecule has 0 N–H and O–H groups in total. The van der Waals surface area contributed by atoms with Crippen molar-refractivity contribution in [3.63, 3.8) is 0 Å². The van der Waals surface area contributed by atoms with Gasteiger partial charge in [0.1, 0.15) is 17.8 Å². The van der Waals surface area contributed by atoms with Gasteiger partial charge in [-0.05, 0) is 43.2 Å². The van der Waals surface area contributed by atoms with E-state index in [1.54, 1.807) is 6.92 Å². The summed E-state index contributed by atoms with van der Waals surface area (Å²) < 4.78 is 15.8.